The van der Waals surface area contributed by atoms with Crippen LogP contribution >= 0.6 is 0 Å². The normalized spacial score (nSPS) is 14.3. The van der Waals surface area contributed by atoms with Crippen molar-refractivity contribution in [3.05, 3.63) is 45.9 Å². The highest BCUT2D eigenvalue weighted by atomic mass is 16.3. The fraction of sp³-hybridized carbons (Fsp3) is 0.412. The smallest absolute Gasteiger partial charge is 0.286 e. The molecule has 1 atom stereocenters. The summed E-state index contributed by atoms with van der Waals surface area (Å²) in [4.78, 5) is 26.7. The number of aliphatic hydroxyl groups excluding tert-OH is 1. The van der Waals surface area contributed by atoms with Crippen LogP contribution < -0.4 is 15.8 Å². The number of nitrogens with zero attached hydrogens (tertiary/aromatic N) is 4. The van der Waals surface area contributed by atoms with Crippen LogP contribution in [0.25, 0.3) is 0 Å². The summed E-state index contributed by atoms with van der Waals surface area (Å²) in [5.74, 6) is -0.179. The van der Waals surface area contributed by atoms with Crippen LogP contribution in [0.5, 0.6) is 0 Å². The Balaban J connectivity index is 1.90. The lowest BCUT2D eigenvalue weighted by Crippen LogP contribution is -2.41. The first-order valence-electron chi connectivity index (χ1n) is 8.28. The van der Waals surface area contributed by atoms with Gasteiger partial charge in [-0.05, 0) is 25.5 Å². The molecule has 0 bridgehead atoms. The molecule has 3 rings (SSSR count). The van der Waals surface area contributed by atoms with Crippen LogP contribution in [-0.4, -0.2) is 45.0 Å². The van der Waals surface area contributed by atoms with Gasteiger partial charge in [-0.15, -0.1) is 10.2 Å². The Bertz CT molecular complexity index is 827. The third-order valence-corrected chi connectivity index (χ3v) is 4.33. The monoisotopic (exact) mass is 343 g/mol. The highest BCUT2D eigenvalue weighted by molar-refractivity contribution is 5.92. The van der Waals surface area contributed by atoms with Crippen LogP contribution in [0.15, 0.2) is 29.1 Å². The number of benzene rings is 1. The predicted octanol–water partition coefficient (Wildman–Crippen LogP) is 0.599. The fourth-order valence-corrected chi connectivity index (χ4v) is 2.75. The van der Waals surface area contributed by atoms with E-state index in [1.54, 1.807) is 0 Å². The highest BCUT2D eigenvalue weighted by Crippen LogP contribution is 2.26. The molecule has 8 nitrogen and oxygen atoms in total. The van der Waals surface area contributed by atoms with Gasteiger partial charge in [-0.1, -0.05) is 24.6 Å². The van der Waals surface area contributed by atoms with Gasteiger partial charge in [-0.3, -0.25) is 14.2 Å². The molecule has 0 fully saturated rings. The van der Waals surface area contributed by atoms with E-state index < -0.39 is 17.5 Å². The Kier molecular flexibility index (Phi) is 4.80. The van der Waals surface area contributed by atoms with Crippen molar-refractivity contribution in [2.45, 2.75) is 32.9 Å². The molecule has 8 heteroatoms. The van der Waals surface area contributed by atoms with Gasteiger partial charge in [-0.2, -0.15) is 0 Å². The van der Waals surface area contributed by atoms with Gasteiger partial charge in [0, 0.05) is 18.8 Å². The van der Waals surface area contributed by atoms with Crippen molar-refractivity contribution in [3.8, 4) is 0 Å². The third-order valence-electron chi connectivity index (χ3n) is 4.33. The van der Waals surface area contributed by atoms with Crippen molar-refractivity contribution in [3.63, 3.8) is 0 Å². The molecule has 1 aromatic carbocycles. The minimum Gasteiger partial charge on any atom is -0.394 e. The maximum absolute atomic E-state index is 12.6. The average Bonchev–Trinajstić information content (AvgIpc) is 3.05. The number of aliphatic hydroxyl groups is 1. The van der Waals surface area contributed by atoms with Crippen molar-refractivity contribution in [2.24, 2.45) is 0 Å². The number of hydrogen-bond acceptors (Lipinski definition) is 6. The molecule has 1 aliphatic rings. The quantitative estimate of drug-likeness (QED) is 0.824. The highest BCUT2D eigenvalue weighted by Gasteiger charge is 2.27. The largest absolute Gasteiger partial charge is 0.394 e. The lowest BCUT2D eigenvalue weighted by molar-refractivity contribution is 0.0906. The molecular weight excluding hydrogens is 322 g/mol. The van der Waals surface area contributed by atoms with E-state index in [0.29, 0.717) is 25.5 Å². The molecule has 1 aliphatic heterocycles. The summed E-state index contributed by atoms with van der Waals surface area (Å²) in [6.07, 6.45) is 0.559. The van der Waals surface area contributed by atoms with Gasteiger partial charge in [0.25, 0.3) is 11.5 Å². The second kappa shape index (κ2) is 7.02. The summed E-state index contributed by atoms with van der Waals surface area (Å²) in [5.41, 5.74) is 1.35. The summed E-state index contributed by atoms with van der Waals surface area (Å²) in [6, 6.07) is 7.50. The summed E-state index contributed by atoms with van der Waals surface area (Å²) in [5, 5.41) is 19.7. The Labute approximate surface area is 145 Å². The molecule has 0 saturated carbocycles. The lowest BCUT2D eigenvalue weighted by atomic mass is 10.2. The van der Waals surface area contributed by atoms with Crippen LogP contribution in [-0.2, 0) is 6.54 Å². The van der Waals surface area contributed by atoms with Crippen molar-refractivity contribution in [1.29, 1.82) is 0 Å². The van der Waals surface area contributed by atoms with Crippen molar-refractivity contribution < 1.29 is 9.90 Å². The number of nitrogens with one attached hydrogen (secondary N) is 1. The molecule has 0 spiro atoms. The van der Waals surface area contributed by atoms with Crippen LogP contribution in [0.1, 0.15) is 29.4 Å². The summed E-state index contributed by atoms with van der Waals surface area (Å²) in [7, 11) is 0. The molecule has 2 aromatic rings. The number of anilines is 2. The van der Waals surface area contributed by atoms with Gasteiger partial charge in [0.2, 0.25) is 11.6 Å². The lowest BCUT2D eigenvalue weighted by Gasteiger charge is -2.17. The molecule has 1 amide bonds. The molecule has 2 heterocycles. The van der Waals surface area contributed by atoms with Gasteiger partial charge in [0.05, 0.1) is 12.6 Å². The molecule has 25 heavy (non-hydrogen) atoms. The van der Waals surface area contributed by atoms with Crippen molar-refractivity contribution >= 4 is 17.5 Å². The van der Waals surface area contributed by atoms with E-state index in [1.165, 1.54) is 4.57 Å². The predicted molar refractivity (Wildman–Crippen MR) is 93.1 cm³/mol. The molecule has 0 radical (unpaired) electrons. The molecule has 1 unspecified atom stereocenters. The summed E-state index contributed by atoms with van der Waals surface area (Å²) in [6.45, 7) is 4.68. The molecular formula is C17H21N5O3. The third kappa shape index (κ3) is 3.25. The summed E-state index contributed by atoms with van der Waals surface area (Å²) < 4.78 is 1.46. The van der Waals surface area contributed by atoms with E-state index in [0.717, 1.165) is 11.3 Å². The second-order valence-electron chi connectivity index (χ2n) is 6.05. The molecule has 1 aromatic heterocycles. The Morgan fingerprint density at radius 1 is 1.28 bits per heavy atom. The van der Waals surface area contributed by atoms with E-state index in [9.17, 15) is 14.7 Å². The number of aromatic nitrogens is 3. The number of fused-ring (bicyclic) bond motifs is 1. The van der Waals surface area contributed by atoms with E-state index in [4.69, 9.17) is 0 Å². The maximum atomic E-state index is 12.6. The Hall–Kier alpha value is -2.74. The maximum Gasteiger partial charge on any atom is 0.286 e. The zero-order chi connectivity index (χ0) is 18.0. The van der Waals surface area contributed by atoms with Gasteiger partial charge < -0.3 is 15.3 Å². The minimum absolute atomic E-state index is 0.191. The van der Waals surface area contributed by atoms with E-state index >= 15 is 0 Å². The first-order chi connectivity index (χ1) is 12.0. The molecule has 0 aliphatic carbocycles. The van der Waals surface area contributed by atoms with Crippen LogP contribution in [0.3, 0.4) is 0 Å². The van der Waals surface area contributed by atoms with E-state index in [1.807, 2.05) is 43.0 Å². The molecule has 0 saturated heterocycles. The number of aryl methyl sites for hydroxylation is 1. The Morgan fingerprint density at radius 3 is 2.64 bits per heavy atom. The SMILES string of the molecule is CCC(CO)NC(=O)c1nnc2n(c1=O)CCN2c1ccc(C)cc1. The number of carbonyl (C=O) groups excluding carboxylic acids is 1. The zero-order valence-corrected chi connectivity index (χ0v) is 14.3. The topological polar surface area (TPSA) is 100 Å². The zero-order valence-electron chi connectivity index (χ0n) is 14.3. The minimum atomic E-state index is -0.609. The number of rotatable bonds is 5. The fourth-order valence-electron chi connectivity index (χ4n) is 2.75. The van der Waals surface area contributed by atoms with Crippen LogP contribution in [0.2, 0.25) is 0 Å². The standard InChI is InChI=1S/C17H21N5O3/c1-3-12(10-23)18-15(24)14-16(25)22-9-8-21(17(22)20-19-14)13-6-4-11(2)5-7-13/h4-7,12,23H,3,8-10H2,1-2H3,(H,18,24). The first-order valence-corrected chi connectivity index (χ1v) is 8.28. The number of hydrogen-bond donors (Lipinski definition) is 2. The average molecular weight is 343 g/mol. The number of amides is 1. The van der Waals surface area contributed by atoms with Gasteiger partial charge in [0.15, 0.2) is 0 Å². The van der Waals surface area contributed by atoms with Gasteiger partial charge >= 0.3 is 0 Å². The second-order valence-corrected chi connectivity index (χ2v) is 6.05. The number of carbonyl (C=O) groups is 1. The van der Waals surface area contributed by atoms with Crippen molar-refractivity contribution in [1.82, 2.24) is 20.1 Å². The van der Waals surface area contributed by atoms with Gasteiger partial charge in [0.1, 0.15) is 0 Å². The van der Waals surface area contributed by atoms with Crippen LogP contribution in [0, 0.1) is 6.92 Å². The summed E-state index contributed by atoms with van der Waals surface area (Å²) >= 11 is 0. The molecule has 2 N–H and O–H groups in total. The Morgan fingerprint density at radius 2 is 2.00 bits per heavy atom. The first kappa shape index (κ1) is 17.1. The van der Waals surface area contributed by atoms with Crippen molar-refractivity contribution in [2.75, 3.05) is 18.1 Å². The van der Waals surface area contributed by atoms with Crippen LogP contribution in [0.4, 0.5) is 11.6 Å². The van der Waals surface area contributed by atoms with E-state index in [-0.39, 0.29) is 12.3 Å². The molecule has 132 valence electrons. The van der Waals surface area contributed by atoms with E-state index in [2.05, 4.69) is 15.5 Å². The van der Waals surface area contributed by atoms with Gasteiger partial charge in [-0.25, -0.2) is 0 Å².